The van der Waals surface area contributed by atoms with E-state index in [0.717, 1.165) is 25.7 Å². The van der Waals surface area contributed by atoms with Gasteiger partial charge in [0.1, 0.15) is 17.7 Å². The summed E-state index contributed by atoms with van der Waals surface area (Å²) in [5.74, 6) is -0.289. The molecule has 4 heteroatoms. The number of carbonyl (C=O) groups excluding carboxylic acids is 1. The van der Waals surface area contributed by atoms with Gasteiger partial charge in [-0.2, -0.15) is 0 Å². The van der Waals surface area contributed by atoms with Crippen molar-refractivity contribution in [3.63, 3.8) is 0 Å². The quantitative estimate of drug-likeness (QED) is 0.794. The van der Waals surface area contributed by atoms with Gasteiger partial charge in [-0.25, -0.2) is 4.39 Å². The fraction of sp³-hybridized carbons (Fsp3) is 0.562. The molecule has 1 spiro atoms. The fourth-order valence-corrected chi connectivity index (χ4v) is 3.05. The lowest BCUT2D eigenvalue weighted by Crippen LogP contribution is -2.48. The number of hydrogen-bond donors (Lipinski definition) is 0. The molecule has 108 valence electrons. The van der Waals surface area contributed by atoms with Gasteiger partial charge in [0.25, 0.3) is 0 Å². The molecule has 0 N–H and O–H groups in total. The molecule has 2 fully saturated rings. The second-order valence-electron chi connectivity index (χ2n) is 5.82. The highest BCUT2D eigenvalue weighted by Gasteiger charge is 2.43. The third-order valence-electron chi connectivity index (χ3n) is 4.34. The minimum absolute atomic E-state index is 0.0147. The lowest BCUT2D eigenvalue weighted by atomic mass is 9.74. The van der Waals surface area contributed by atoms with Crippen LogP contribution in [0.1, 0.15) is 49.4 Å². The Hall–Kier alpha value is -1.42. The summed E-state index contributed by atoms with van der Waals surface area (Å²) in [6, 6.07) is 4.47. The van der Waals surface area contributed by atoms with E-state index < -0.39 is 5.82 Å². The number of benzene rings is 1. The number of Topliss-reactive ketones (excluding diaryl/α,β-unsaturated/α-hetero) is 1. The zero-order chi connectivity index (χ0) is 14.2. The minimum atomic E-state index is -0.514. The van der Waals surface area contributed by atoms with Gasteiger partial charge in [-0.15, -0.1) is 0 Å². The first kappa shape index (κ1) is 13.6. The van der Waals surface area contributed by atoms with Crippen molar-refractivity contribution in [2.75, 3.05) is 6.61 Å². The standard InChI is InChI=1S/C16H19FO3/c1-11(18)14-4-3-12(9-15(14)17)20-13-5-8-19-16(10-13)6-2-7-16/h3-4,9,13H,2,5-8,10H2,1H3. The van der Waals surface area contributed by atoms with E-state index in [1.165, 1.54) is 25.5 Å². The molecule has 0 radical (unpaired) electrons. The van der Waals surface area contributed by atoms with Crippen molar-refractivity contribution in [1.82, 2.24) is 0 Å². The summed E-state index contributed by atoms with van der Waals surface area (Å²) in [5.41, 5.74) is 0.126. The SMILES string of the molecule is CC(=O)c1ccc(OC2CCOC3(CCC3)C2)cc1F. The molecule has 1 saturated carbocycles. The number of ketones is 1. The first-order valence-electron chi connectivity index (χ1n) is 7.19. The summed E-state index contributed by atoms with van der Waals surface area (Å²) in [6.07, 6.45) is 5.21. The van der Waals surface area contributed by atoms with Gasteiger partial charge in [-0.05, 0) is 38.3 Å². The van der Waals surface area contributed by atoms with Crippen LogP contribution in [0, 0.1) is 5.82 Å². The van der Waals surface area contributed by atoms with Crippen molar-refractivity contribution in [3.05, 3.63) is 29.6 Å². The predicted octanol–water partition coefficient (Wildman–Crippen LogP) is 3.51. The van der Waals surface area contributed by atoms with Crippen molar-refractivity contribution in [2.45, 2.75) is 50.7 Å². The lowest BCUT2D eigenvalue weighted by Gasteiger charge is -2.46. The average Bonchev–Trinajstić information content (AvgIpc) is 2.37. The summed E-state index contributed by atoms with van der Waals surface area (Å²) < 4.78 is 25.5. The maximum Gasteiger partial charge on any atom is 0.162 e. The topological polar surface area (TPSA) is 35.5 Å². The lowest BCUT2D eigenvalue weighted by molar-refractivity contribution is -0.153. The second kappa shape index (κ2) is 5.17. The van der Waals surface area contributed by atoms with E-state index in [-0.39, 0.29) is 23.1 Å². The molecular formula is C16H19FO3. The third-order valence-corrected chi connectivity index (χ3v) is 4.34. The summed E-state index contributed by atoms with van der Waals surface area (Å²) >= 11 is 0. The van der Waals surface area contributed by atoms with Crippen LogP contribution in [0.3, 0.4) is 0 Å². The molecule has 1 atom stereocenters. The molecule has 0 amide bonds. The summed E-state index contributed by atoms with van der Waals surface area (Å²) in [4.78, 5) is 11.2. The molecule has 1 aromatic rings. The third kappa shape index (κ3) is 2.57. The van der Waals surface area contributed by atoms with Crippen molar-refractivity contribution in [1.29, 1.82) is 0 Å². The maximum absolute atomic E-state index is 13.8. The molecular weight excluding hydrogens is 259 g/mol. The largest absolute Gasteiger partial charge is 0.490 e. The Morgan fingerprint density at radius 1 is 1.45 bits per heavy atom. The Bertz CT molecular complexity index is 522. The zero-order valence-corrected chi connectivity index (χ0v) is 11.7. The number of hydrogen-bond acceptors (Lipinski definition) is 3. The molecule has 1 aromatic carbocycles. The van der Waals surface area contributed by atoms with Crippen LogP contribution in [-0.4, -0.2) is 24.1 Å². The van der Waals surface area contributed by atoms with Crippen LogP contribution < -0.4 is 4.74 Å². The highest BCUT2D eigenvalue weighted by Crippen LogP contribution is 2.43. The molecule has 1 aliphatic heterocycles. The Morgan fingerprint density at radius 2 is 2.25 bits per heavy atom. The van der Waals surface area contributed by atoms with E-state index in [0.29, 0.717) is 12.4 Å². The normalized spacial score (nSPS) is 24.2. The Kier molecular flexibility index (Phi) is 3.50. The average molecular weight is 278 g/mol. The molecule has 3 nitrogen and oxygen atoms in total. The molecule has 1 heterocycles. The summed E-state index contributed by atoms with van der Waals surface area (Å²) in [6.45, 7) is 2.07. The monoisotopic (exact) mass is 278 g/mol. The Balaban J connectivity index is 1.68. The van der Waals surface area contributed by atoms with Gasteiger partial charge in [-0.3, -0.25) is 4.79 Å². The maximum atomic E-state index is 13.8. The van der Waals surface area contributed by atoms with Gasteiger partial charge in [-0.1, -0.05) is 0 Å². The molecule has 1 unspecified atom stereocenters. The number of halogens is 1. The van der Waals surface area contributed by atoms with E-state index >= 15 is 0 Å². The van der Waals surface area contributed by atoms with Crippen LogP contribution in [0.25, 0.3) is 0 Å². The van der Waals surface area contributed by atoms with E-state index in [2.05, 4.69) is 0 Å². The van der Waals surface area contributed by atoms with Crippen molar-refractivity contribution in [3.8, 4) is 5.75 Å². The molecule has 20 heavy (non-hydrogen) atoms. The highest BCUT2D eigenvalue weighted by atomic mass is 19.1. The molecule has 1 saturated heterocycles. The first-order valence-corrected chi connectivity index (χ1v) is 7.19. The van der Waals surface area contributed by atoms with Crippen molar-refractivity contribution >= 4 is 5.78 Å². The fourth-order valence-electron chi connectivity index (χ4n) is 3.05. The Morgan fingerprint density at radius 3 is 2.85 bits per heavy atom. The molecule has 0 bridgehead atoms. The number of ether oxygens (including phenoxy) is 2. The number of carbonyl (C=O) groups is 1. The van der Waals surface area contributed by atoms with Gasteiger partial charge in [0.05, 0.1) is 17.8 Å². The van der Waals surface area contributed by atoms with Gasteiger partial charge >= 0.3 is 0 Å². The molecule has 0 aromatic heterocycles. The van der Waals surface area contributed by atoms with Crippen LogP contribution in [0.5, 0.6) is 5.75 Å². The van der Waals surface area contributed by atoms with Gasteiger partial charge < -0.3 is 9.47 Å². The number of rotatable bonds is 3. The van der Waals surface area contributed by atoms with Crippen molar-refractivity contribution in [2.24, 2.45) is 0 Å². The van der Waals surface area contributed by atoms with E-state index in [1.807, 2.05) is 0 Å². The van der Waals surface area contributed by atoms with E-state index in [4.69, 9.17) is 9.47 Å². The first-order chi connectivity index (χ1) is 9.58. The predicted molar refractivity (Wildman–Crippen MR) is 72.6 cm³/mol. The van der Waals surface area contributed by atoms with Crippen LogP contribution in [0.4, 0.5) is 4.39 Å². The van der Waals surface area contributed by atoms with Gasteiger partial charge in [0.15, 0.2) is 5.78 Å². The van der Waals surface area contributed by atoms with Crippen LogP contribution in [0.2, 0.25) is 0 Å². The highest BCUT2D eigenvalue weighted by molar-refractivity contribution is 5.94. The zero-order valence-electron chi connectivity index (χ0n) is 11.7. The Labute approximate surface area is 118 Å². The van der Waals surface area contributed by atoms with Crippen molar-refractivity contribution < 1.29 is 18.7 Å². The molecule has 3 rings (SSSR count). The molecule has 2 aliphatic rings. The van der Waals surface area contributed by atoms with Crippen LogP contribution in [-0.2, 0) is 4.74 Å². The van der Waals surface area contributed by atoms with Gasteiger partial charge in [0.2, 0.25) is 0 Å². The smallest absolute Gasteiger partial charge is 0.162 e. The van der Waals surface area contributed by atoms with E-state index in [1.54, 1.807) is 6.07 Å². The van der Waals surface area contributed by atoms with Gasteiger partial charge in [0, 0.05) is 18.9 Å². The minimum Gasteiger partial charge on any atom is -0.490 e. The van der Waals surface area contributed by atoms with Crippen LogP contribution in [0.15, 0.2) is 18.2 Å². The summed E-state index contributed by atoms with van der Waals surface area (Å²) in [5, 5.41) is 0. The second-order valence-corrected chi connectivity index (χ2v) is 5.82. The molecule has 1 aliphatic carbocycles. The summed E-state index contributed by atoms with van der Waals surface area (Å²) in [7, 11) is 0. The van der Waals surface area contributed by atoms with E-state index in [9.17, 15) is 9.18 Å². The van der Waals surface area contributed by atoms with Crippen LogP contribution >= 0.6 is 0 Å².